The number of carbonyl (C=O) groups is 1. The van der Waals surface area contributed by atoms with E-state index in [4.69, 9.17) is 9.84 Å². The average Bonchev–Trinajstić information content (AvgIpc) is 3.34. The van der Waals surface area contributed by atoms with Gasteiger partial charge in [-0.2, -0.15) is 5.10 Å². The third kappa shape index (κ3) is 5.63. The number of carbonyl (C=O) groups excluding carboxylic acids is 1. The Morgan fingerprint density at radius 3 is 2.37 bits per heavy atom. The van der Waals surface area contributed by atoms with Crippen LogP contribution in [0, 0.1) is 18.7 Å². The second-order valence-electron chi connectivity index (χ2n) is 9.66. The third-order valence-corrected chi connectivity index (χ3v) is 7.22. The van der Waals surface area contributed by atoms with Crippen LogP contribution in [0.2, 0.25) is 0 Å². The van der Waals surface area contributed by atoms with E-state index in [9.17, 15) is 9.18 Å². The zero-order valence-electron chi connectivity index (χ0n) is 20.3. The topological polar surface area (TPSA) is 50.6 Å². The lowest BCUT2D eigenvalue weighted by Crippen LogP contribution is -2.40. The summed E-state index contributed by atoms with van der Waals surface area (Å²) in [7, 11) is 0. The molecule has 0 bridgehead atoms. The molecule has 3 aromatic rings. The van der Waals surface area contributed by atoms with Crippen molar-refractivity contribution in [1.82, 2.24) is 19.6 Å². The molecule has 7 heteroatoms. The fourth-order valence-corrected chi connectivity index (χ4v) is 4.97. The number of aromatic nitrogens is 2. The van der Waals surface area contributed by atoms with Gasteiger partial charge in [0.2, 0.25) is 0 Å². The van der Waals surface area contributed by atoms with Gasteiger partial charge in [-0.1, -0.05) is 29.8 Å². The van der Waals surface area contributed by atoms with E-state index >= 15 is 0 Å². The van der Waals surface area contributed by atoms with Crippen LogP contribution in [0.25, 0.3) is 16.9 Å². The van der Waals surface area contributed by atoms with Crippen LogP contribution in [-0.2, 0) is 4.74 Å². The molecule has 35 heavy (non-hydrogen) atoms. The van der Waals surface area contributed by atoms with E-state index in [1.54, 1.807) is 23.0 Å². The number of rotatable bonds is 6. The number of nitrogens with zero attached hydrogens (tertiary/aromatic N) is 4. The fourth-order valence-electron chi connectivity index (χ4n) is 4.97. The number of piperidine rings is 1. The Hall–Kier alpha value is -3.03. The number of aryl methyl sites for hydroxylation is 1. The van der Waals surface area contributed by atoms with Gasteiger partial charge in [0.15, 0.2) is 0 Å². The van der Waals surface area contributed by atoms with E-state index in [1.165, 1.54) is 18.6 Å². The Labute approximate surface area is 206 Å². The first-order chi connectivity index (χ1) is 17.1. The summed E-state index contributed by atoms with van der Waals surface area (Å²) >= 11 is 0. The van der Waals surface area contributed by atoms with Crippen molar-refractivity contribution in [3.05, 3.63) is 71.7 Å². The van der Waals surface area contributed by atoms with Crippen molar-refractivity contribution < 1.29 is 13.9 Å². The molecule has 2 aromatic carbocycles. The molecule has 184 valence electrons. The zero-order chi connectivity index (χ0) is 24.2. The zero-order valence-corrected chi connectivity index (χ0v) is 20.3. The minimum atomic E-state index is -0.299. The molecule has 1 amide bonds. The highest BCUT2D eigenvalue weighted by molar-refractivity contribution is 6.00. The third-order valence-electron chi connectivity index (χ3n) is 7.22. The van der Waals surface area contributed by atoms with Gasteiger partial charge in [0.05, 0.1) is 24.5 Å². The van der Waals surface area contributed by atoms with E-state index in [0.29, 0.717) is 17.2 Å². The maximum absolute atomic E-state index is 13.7. The minimum Gasteiger partial charge on any atom is -0.379 e. The van der Waals surface area contributed by atoms with Crippen molar-refractivity contribution >= 4 is 5.91 Å². The summed E-state index contributed by atoms with van der Waals surface area (Å²) in [6, 6.07) is 14.2. The van der Waals surface area contributed by atoms with Crippen LogP contribution in [-0.4, -0.2) is 71.4 Å². The molecule has 2 fully saturated rings. The van der Waals surface area contributed by atoms with Crippen LogP contribution >= 0.6 is 0 Å². The van der Waals surface area contributed by atoms with E-state index in [1.807, 2.05) is 36.1 Å². The van der Waals surface area contributed by atoms with Gasteiger partial charge in [-0.3, -0.25) is 9.69 Å². The minimum absolute atomic E-state index is 0.0144. The number of ether oxygens (including phenoxy) is 1. The summed E-state index contributed by atoms with van der Waals surface area (Å²) in [6.45, 7) is 8.40. The van der Waals surface area contributed by atoms with E-state index in [-0.39, 0.29) is 11.7 Å². The van der Waals surface area contributed by atoms with Gasteiger partial charge in [0.1, 0.15) is 11.5 Å². The van der Waals surface area contributed by atoms with Crippen LogP contribution in [0.5, 0.6) is 0 Å². The predicted molar refractivity (Wildman–Crippen MR) is 134 cm³/mol. The number of halogens is 1. The van der Waals surface area contributed by atoms with E-state index in [2.05, 4.69) is 4.90 Å². The molecule has 0 saturated carbocycles. The first-order valence-electron chi connectivity index (χ1n) is 12.6. The SMILES string of the molecule is Cc1ccc(-c2nn(-c3ccc(F)cc3)cc2C(=O)N2CCC(CCN3CCOCC3)CC2)cc1. The van der Waals surface area contributed by atoms with E-state index in [0.717, 1.165) is 75.6 Å². The van der Waals surface area contributed by atoms with Gasteiger partial charge >= 0.3 is 0 Å². The number of hydrogen-bond donors (Lipinski definition) is 0. The molecule has 5 rings (SSSR count). The number of morpholine rings is 1. The van der Waals surface area contributed by atoms with Gasteiger partial charge in [-0.05, 0) is 62.9 Å². The molecule has 2 saturated heterocycles. The molecule has 0 spiro atoms. The number of amides is 1. The summed E-state index contributed by atoms with van der Waals surface area (Å²) < 4.78 is 20.6. The monoisotopic (exact) mass is 476 g/mol. The molecular weight excluding hydrogens is 443 g/mol. The summed E-state index contributed by atoms with van der Waals surface area (Å²) in [4.78, 5) is 18.1. The average molecular weight is 477 g/mol. The molecule has 3 heterocycles. The second kappa shape index (κ2) is 10.7. The van der Waals surface area contributed by atoms with Gasteiger partial charge in [-0.15, -0.1) is 0 Å². The lowest BCUT2D eigenvalue weighted by molar-refractivity contribution is 0.0332. The summed E-state index contributed by atoms with van der Waals surface area (Å²) in [5.41, 5.74) is 4.03. The summed E-state index contributed by atoms with van der Waals surface area (Å²) in [6.07, 6.45) is 5.03. The Balaban J connectivity index is 1.31. The van der Waals surface area contributed by atoms with Crippen molar-refractivity contribution in [3.8, 4) is 16.9 Å². The molecule has 2 aliphatic heterocycles. The summed E-state index contributed by atoms with van der Waals surface area (Å²) in [5.74, 6) is 0.369. The highest BCUT2D eigenvalue weighted by Crippen LogP contribution is 2.28. The highest BCUT2D eigenvalue weighted by atomic mass is 19.1. The van der Waals surface area contributed by atoms with Gasteiger partial charge in [-0.25, -0.2) is 9.07 Å². The largest absolute Gasteiger partial charge is 0.379 e. The molecule has 6 nitrogen and oxygen atoms in total. The first kappa shape index (κ1) is 23.7. The molecule has 1 aromatic heterocycles. The maximum Gasteiger partial charge on any atom is 0.257 e. The number of hydrogen-bond acceptors (Lipinski definition) is 4. The fraction of sp³-hybridized carbons (Fsp3) is 0.429. The van der Waals surface area contributed by atoms with Crippen LogP contribution in [0.4, 0.5) is 4.39 Å². The van der Waals surface area contributed by atoms with Crippen molar-refractivity contribution in [2.45, 2.75) is 26.2 Å². The molecule has 0 radical (unpaired) electrons. The first-order valence-corrected chi connectivity index (χ1v) is 12.6. The van der Waals surface area contributed by atoms with Crippen LogP contribution in [0.15, 0.2) is 54.7 Å². The molecule has 0 aliphatic carbocycles. The molecule has 0 atom stereocenters. The van der Waals surface area contributed by atoms with E-state index < -0.39 is 0 Å². The number of likely N-dealkylation sites (tertiary alicyclic amines) is 1. The second-order valence-corrected chi connectivity index (χ2v) is 9.66. The Morgan fingerprint density at radius 1 is 1.00 bits per heavy atom. The van der Waals surface area contributed by atoms with Crippen LogP contribution in [0.1, 0.15) is 35.2 Å². The standard InChI is InChI=1S/C28H33FN4O2/c1-21-2-4-23(5-3-21)27-26(20-33(30-27)25-8-6-24(29)7-9-25)28(34)32-14-11-22(12-15-32)10-13-31-16-18-35-19-17-31/h2-9,20,22H,10-19H2,1H3. The predicted octanol–water partition coefficient (Wildman–Crippen LogP) is 4.56. The van der Waals surface area contributed by atoms with Crippen molar-refractivity contribution in [1.29, 1.82) is 0 Å². The number of benzene rings is 2. The lowest BCUT2D eigenvalue weighted by atomic mass is 9.92. The highest BCUT2D eigenvalue weighted by Gasteiger charge is 2.28. The van der Waals surface area contributed by atoms with Crippen LogP contribution in [0.3, 0.4) is 0 Å². The Kier molecular flexibility index (Phi) is 7.25. The molecule has 2 aliphatic rings. The Bertz CT molecular complexity index is 1130. The van der Waals surface area contributed by atoms with Gasteiger partial charge < -0.3 is 9.64 Å². The normalized spacial score (nSPS) is 17.6. The summed E-state index contributed by atoms with van der Waals surface area (Å²) in [5, 5.41) is 4.75. The smallest absolute Gasteiger partial charge is 0.257 e. The van der Waals surface area contributed by atoms with Gasteiger partial charge in [0, 0.05) is 37.9 Å². The maximum atomic E-state index is 13.7. The molecule has 0 N–H and O–H groups in total. The van der Waals surface area contributed by atoms with Crippen molar-refractivity contribution in [2.24, 2.45) is 5.92 Å². The van der Waals surface area contributed by atoms with Crippen molar-refractivity contribution in [2.75, 3.05) is 45.9 Å². The Morgan fingerprint density at radius 2 is 1.69 bits per heavy atom. The quantitative estimate of drug-likeness (QED) is 0.523. The lowest BCUT2D eigenvalue weighted by Gasteiger charge is -2.34. The van der Waals surface area contributed by atoms with Crippen LogP contribution < -0.4 is 0 Å². The van der Waals surface area contributed by atoms with Crippen molar-refractivity contribution in [3.63, 3.8) is 0 Å². The van der Waals surface area contributed by atoms with Gasteiger partial charge in [0.25, 0.3) is 5.91 Å². The molecular formula is C28H33FN4O2. The molecule has 0 unspecified atom stereocenters.